The Bertz CT molecular complexity index is 1180. The van der Waals surface area contributed by atoms with Crippen molar-refractivity contribution in [1.82, 2.24) is 14.8 Å². The number of hydrogen-bond donors (Lipinski definition) is 1. The molecule has 7 nitrogen and oxygen atoms in total. The molecule has 1 N–H and O–H groups in total. The molecule has 1 aromatic carbocycles. The third-order valence-corrected chi connectivity index (χ3v) is 5.03. The zero-order valence-corrected chi connectivity index (χ0v) is 17.5. The van der Waals surface area contributed by atoms with E-state index in [4.69, 9.17) is 10.00 Å². The van der Waals surface area contributed by atoms with Crippen LogP contribution in [0.25, 0.3) is 0 Å². The molecule has 10 heteroatoms. The highest BCUT2D eigenvalue weighted by Gasteiger charge is 2.31. The van der Waals surface area contributed by atoms with Crippen LogP contribution in [0.15, 0.2) is 48.8 Å². The number of alkyl halides is 3. The summed E-state index contributed by atoms with van der Waals surface area (Å²) >= 11 is 0. The molecule has 4 rings (SSSR count). The van der Waals surface area contributed by atoms with Crippen molar-refractivity contribution in [1.29, 1.82) is 5.26 Å². The molecule has 0 atom stereocenters. The van der Waals surface area contributed by atoms with E-state index in [2.05, 4.69) is 15.4 Å². The Morgan fingerprint density at radius 1 is 1.24 bits per heavy atom. The summed E-state index contributed by atoms with van der Waals surface area (Å²) in [5.74, 6) is 0.473. The van der Waals surface area contributed by atoms with Gasteiger partial charge in [-0.3, -0.25) is 14.5 Å². The molecule has 0 radical (unpaired) electrons. The van der Waals surface area contributed by atoms with Crippen molar-refractivity contribution >= 4 is 11.7 Å². The summed E-state index contributed by atoms with van der Waals surface area (Å²) in [7, 11) is 0. The number of carbonyl (C=O) groups is 1. The average molecular weight is 455 g/mol. The fourth-order valence-electron chi connectivity index (χ4n) is 3.35. The largest absolute Gasteiger partial charge is 0.484 e. The number of aromatic nitrogens is 3. The maximum Gasteiger partial charge on any atom is 0.422 e. The number of nitrogens with zero attached hydrogens (tertiary/aromatic N) is 4. The minimum Gasteiger partial charge on any atom is -0.484 e. The quantitative estimate of drug-likeness (QED) is 0.550. The van der Waals surface area contributed by atoms with Gasteiger partial charge in [0.25, 0.3) is 0 Å². The monoisotopic (exact) mass is 455 g/mol. The Kier molecular flexibility index (Phi) is 6.31. The van der Waals surface area contributed by atoms with Crippen LogP contribution >= 0.6 is 0 Å². The number of pyridine rings is 1. The minimum absolute atomic E-state index is 0.0588. The normalized spacial score (nSPS) is 13.4. The van der Waals surface area contributed by atoms with Gasteiger partial charge in [-0.15, -0.1) is 0 Å². The molecule has 1 aliphatic rings. The number of hydrogen-bond acceptors (Lipinski definition) is 5. The number of amides is 1. The number of benzene rings is 1. The van der Waals surface area contributed by atoms with Gasteiger partial charge in [-0.1, -0.05) is 12.1 Å². The predicted molar refractivity (Wildman–Crippen MR) is 113 cm³/mol. The molecule has 1 amide bonds. The van der Waals surface area contributed by atoms with Gasteiger partial charge in [0.2, 0.25) is 5.91 Å². The lowest BCUT2D eigenvalue weighted by atomic mass is 10.0. The van der Waals surface area contributed by atoms with Crippen LogP contribution < -0.4 is 10.1 Å². The molecule has 1 saturated carbocycles. The third-order valence-electron chi connectivity index (χ3n) is 5.03. The highest BCUT2D eigenvalue weighted by atomic mass is 19.4. The van der Waals surface area contributed by atoms with E-state index in [9.17, 15) is 18.0 Å². The highest BCUT2D eigenvalue weighted by Crippen LogP contribution is 2.45. The van der Waals surface area contributed by atoms with Crippen molar-refractivity contribution in [3.05, 3.63) is 71.2 Å². The van der Waals surface area contributed by atoms with E-state index in [1.54, 1.807) is 41.2 Å². The summed E-state index contributed by atoms with van der Waals surface area (Å²) in [5.41, 5.74) is 2.59. The van der Waals surface area contributed by atoms with E-state index in [-0.39, 0.29) is 24.0 Å². The number of nitrogens with one attached hydrogen (secondary N) is 1. The van der Waals surface area contributed by atoms with Crippen molar-refractivity contribution in [3.63, 3.8) is 0 Å². The predicted octanol–water partition coefficient (Wildman–Crippen LogP) is 4.20. The molecular formula is C23H20F3N5O2. The Morgan fingerprint density at radius 3 is 2.73 bits per heavy atom. The lowest BCUT2D eigenvalue weighted by Crippen LogP contribution is -2.20. The molecule has 1 fully saturated rings. The van der Waals surface area contributed by atoms with Crippen LogP contribution in [0.2, 0.25) is 0 Å². The van der Waals surface area contributed by atoms with Crippen molar-refractivity contribution in [2.45, 2.75) is 37.9 Å². The number of nitriles is 1. The van der Waals surface area contributed by atoms with Crippen molar-refractivity contribution in [2.24, 2.45) is 0 Å². The summed E-state index contributed by atoms with van der Waals surface area (Å²) in [6, 6.07) is 11.9. The molecule has 0 saturated heterocycles. The maximum absolute atomic E-state index is 12.5. The third kappa shape index (κ3) is 6.32. The van der Waals surface area contributed by atoms with Crippen molar-refractivity contribution in [3.8, 4) is 11.8 Å². The Morgan fingerprint density at radius 2 is 2.06 bits per heavy atom. The summed E-state index contributed by atoms with van der Waals surface area (Å²) < 4.78 is 44.1. The van der Waals surface area contributed by atoms with Crippen LogP contribution in [0.4, 0.5) is 19.0 Å². The number of ether oxygens (including phenoxy) is 1. The molecule has 2 heterocycles. The van der Waals surface area contributed by atoms with Gasteiger partial charge in [0.15, 0.2) is 12.4 Å². The van der Waals surface area contributed by atoms with Gasteiger partial charge in [-0.05, 0) is 48.1 Å². The van der Waals surface area contributed by atoms with Gasteiger partial charge < -0.3 is 10.1 Å². The van der Waals surface area contributed by atoms with Gasteiger partial charge in [0, 0.05) is 18.5 Å². The van der Waals surface area contributed by atoms with E-state index >= 15 is 0 Å². The zero-order valence-electron chi connectivity index (χ0n) is 17.5. The molecule has 3 aromatic rings. The topological polar surface area (TPSA) is 92.8 Å². The van der Waals surface area contributed by atoms with Gasteiger partial charge in [0.05, 0.1) is 24.2 Å². The SMILES string of the molecule is N#Cc1ccc(Cn2ccc(NC(=O)Cc3ccc(OCC(F)(F)F)c(C4CC4)c3)n2)nc1. The number of carbonyl (C=O) groups excluding carboxylic acids is 1. The molecule has 0 bridgehead atoms. The zero-order chi connectivity index (χ0) is 23.4. The fraction of sp³-hybridized carbons (Fsp3) is 0.304. The average Bonchev–Trinajstić information content (AvgIpc) is 3.53. The lowest BCUT2D eigenvalue weighted by molar-refractivity contribution is -0.153. The van der Waals surface area contributed by atoms with Crippen LogP contribution in [0.1, 0.15) is 41.1 Å². The van der Waals surface area contributed by atoms with Gasteiger partial charge in [0.1, 0.15) is 11.8 Å². The highest BCUT2D eigenvalue weighted by molar-refractivity contribution is 5.91. The molecule has 1 aliphatic carbocycles. The first-order valence-corrected chi connectivity index (χ1v) is 10.3. The maximum atomic E-state index is 12.5. The fourth-order valence-corrected chi connectivity index (χ4v) is 3.35. The number of rotatable bonds is 8. The van der Waals surface area contributed by atoms with Gasteiger partial charge in [-0.2, -0.15) is 23.5 Å². The van der Waals surface area contributed by atoms with E-state index in [0.717, 1.165) is 18.5 Å². The molecule has 0 aliphatic heterocycles. The molecule has 0 spiro atoms. The number of halogens is 3. The second kappa shape index (κ2) is 9.32. The van der Waals surface area contributed by atoms with E-state index in [0.29, 0.717) is 29.1 Å². The van der Waals surface area contributed by atoms with Gasteiger partial charge >= 0.3 is 6.18 Å². The van der Waals surface area contributed by atoms with Crippen molar-refractivity contribution < 1.29 is 22.7 Å². The second-order valence-corrected chi connectivity index (χ2v) is 7.82. The summed E-state index contributed by atoms with van der Waals surface area (Å²) in [4.78, 5) is 16.7. The van der Waals surface area contributed by atoms with E-state index < -0.39 is 12.8 Å². The molecule has 2 aromatic heterocycles. The molecule has 33 heavy (non-hydrogen) atoms. The van der Waals surface area contributed by atoms with Crippen LogP contribution in [0, 0.1) is 11.3 Å². The lowest BCUT2D eigenvalue weighted by Gasteiger charge is -2.14. The summed E-state index contributed by atoms with van der Waals surface area (Å²) in [5, 5.41) is 15.9. The van der Waals surface area contributed by atoms with Gasteiger partial charge in [-0.25, -0.2) is 0 Å². The van der Waals surface area contributed by atoms with Crippen LogP contribution in [0.3, 0.4) is 0 Å². The van der Waals surface area contributed by atoms with Crippen LogP contribution in [-0.2, 0) is 17.8 Å². The van der Waals surface area contributed by atoms with Crippen LogP contribution in [0.5, 0.6) is 5.75 Å². The van der Waals surface area contributed by atoms with Crippen LogP contribution in [-0.4, -0.2) is 33.5 Å². The Hall–Kier alpha value is -3.87. The van der Waals surface area contributed by atoms with E-state index in [1.807, 2.05) is 6.07 Å². The van der Waals surface area contributed by atoms with E-state index in [1.165, 1.54) is 12.3 Å². The second-order valence-electron chi connectivity index (χ2n) is 7.82. The molecule has 170 valence electrons. The number of anilines is 1. The first kappa shape index (κ1) is 22.3. The Labute approximate surface area is 187 Å². The smallest absolute Gasteiger partial charge is 0.422 e. The summed E-state index contributed by atoms with van der Waals surface area (Å²) in [6.07, 6.45) is 0.625. The molecular weight excluding hydrogens is 435 g/mol. The molecule has 0 unspecified atom stereocenters. The summed E-state index contributed by atoms with van der Waals surface area (Å²) in [6.45, 7) is -0.959. The standard InChI is InChI=1S/C23H20F3N5O2/c24-23(25,26)14-33-20-6-2-15(9-19(20)17-3-4-17)10-22(32)29-21-7-8-31(30-21)13-18-5-1-16(11-27)12-28-18/h1-2,5-9,12,17H,3-4,10,13-14H2,(H,29,30,32). The first-order valence-electron chi connectivity index (χ1n) is 10.3. The first-order chi connectivity index (χ1) is 15.8. The Balaban J connectivity index is 1.36. The van der Waals surface area contributed by atoms with Crippen molar-refractivity contribution in [2.75, 3.05) is 11.9 Å². The minimum atomic E-state index is -4.40.